The lowest BCUT2D eigenvalue weighted by molar-refractivity contribution is 0.167. The van der Waals surface area contributed by atoms with Crippen LogP contribution >= 0.6 is 0 Å². The Hall–Kier alpha value is -1.09. The maximum absolute atomic E-state index is 5.97. The van der Waals surface area contributed by atoms with Crippen LogP contribution in [0.5, 0.6) is 5.75 Å². The van der Waals surface area contributed by atoms with Gasteiger partial charge in [0.1, 0.15) is 5.75 Å². The SMILES string of the molecule is CC(C)C(C)Oc1cnccc1CNC(C)(C)C. The van der Waals surface area contributed by atoms with Crippen molar-refractivity contribution in [2.24, 2.45) is 5.92 Å². The van der Waals surface area contributed by atoms with Gasteiger partial charge in [0.25, 0.3) is 0 Å². The van der Waals surface area contributed by atoms with Crippen LogP contribution in [0.4, 0.5) is 0 Å². The molecule has 0 radical (unpaired) electrons. The molecule has 0 bridgehead atoms. The van der Waals surface area contributed by atoms with Gasteiger partial charge >= 0.3 is 0 Å². The van der Waals surface area contributed by atoms with E-state index < -0.39 is 0 Å². The fourth-order valence-electron chi connectivity index (χ4n) is 1.36. The largest absolute Gasteiger partial charge is 0.488 e. The number of hydrogen-bond acceptors (Lipinski definition) is 3. The number of hydrogen-bond donors (Lipinski definition) is 1. The van der Waals surface area contributed by atoms with Gasteiger partial charge < -0.3 is 10.1 Å². The average molecular weight is 250 g/mol. The maximum Gasteiger partial charge on any atom is 0.142 e. The summed E-state index contributed by atoms with van der Waals surface area (Å²) in [6.07, 6.45) is 3.81. The summed E-state index contributed by atoms with van der Waals surface area (Å²) >= 11 is 0. The Balaban J connectivity index is 2.73. The molecule has 0 spiro atoms. The van der Waals surface area contributed by atoms with Gasteiger partial charge in [0.15, 0.2) is 0 Å². The standard InChI is InChI=1S/C15H26N2O/c1-11(2)12(3)18-14-10-16-8-7-13(14)9-17-15(4,5)6/h7-8,10-12,17H,9H2,1-6H3. The van der Waals surface area contributed by atoms with Gasteiger partial charge in [-0.25, -0.2) is 0 Å². The van der Waals surface area contributed by atoms with E-state index in [0.717, 1.165) is 17.9 Å². The van der Waals surface area contributed by atoms with Crippen LogP contribution < -0.4 is 10.1 Å². The Kier molecular flexibility index (Phi) is 5.15. The lowest BCUT2D eigenvalue weighted by Gasteiger charge is -2.23. The van der Waals surface area contributed by atoms with Crippen LogP contribution in [0.15, 0.2) is 18.5 Å². The first-order valence-corrected chi connectivity index (χ1v) is 6.64. The molecule has 0 saturated heterocycles. The molecule has 1 N–H and O–H groups in total. The van der Waals surface area contributed by atoms with E-state index in [-0.39, 0.29) is 11.6 Å². The zero-order valence-corrected chi connectivity index (χ0v) is 12.4. The van der Waals surface area contributed by atoms with Crippen molar-refractivity contribution in [3.63, 3.8) is 0 Å². The van der Waals surface area contributed by atoms with Crippen molar-refractivity contribution in [3.05, 3.63) is 24.0 Å². The summed E-state index contributed by atoms with van der Waals surface area (Å²) in [4.78, 5) is 4.15. The molecule has 0 fully saturated rings. The lowest BCUT2D eigenvalue weighted by atomic mass is 10.1. The predicted molar refractivity (Wildman–Crippen MR) is 75.8 cm³/mol. The van der Waals surface area contributed by atoms with Gasteiger partial charge in [0, 0.05) is 23.8 Å². The molecule has 1 rings (SSSR count). The summed E-state index contributed by atoms with van der Waals surface area (Å²) in [5.41, 5.74) is 1.26. The van der Waals surface area contributed by atoms with E-state index in [9.17, 15) is 0 Å². The molecule has 0 aliphatic heterocycles. The summed E-state index contributed by atoms with van der Waals surface area (Å²) in [6.45, 7) is 13.7. The minimum absolute atomic E-state index is 0.101. The quantitative estimate of drug-likeness (QED) is 0.869. The van der Waals surface area contributed by atoms with Crippen molar-refractivity contribution in [1.29, 1.82) is 0 Å². The first kappa shape index (κ1) is 15.0. The Morgan fingerprint density at radius 2 is 1.94 bits per heavy atom. The fraction of sp³-hybridized carbons (Fsp3) is 0.667. The van der Waals surface area contributed by atoms with Crippen molar-refractivity contribution in [2.75, 3.05) is 0 Å². The molecule has 1 unspecified atom stereocenters. The van der Waals surface area contributed by atoms with Crippen molar-refractivity contribution in [3.8, 4) is 5.75 Å². The molecule has 0 aliphatic carbocycles. The molecule has 0 aliphatic rings. The van der Waals surface area contributed by atoms with Gasteiger partial charge in [-0.1, -0.05) is 13.8 Å². The number of nitrogens with zero attached hydrogens (tertiary/aromatic N) is 1. The molecule has 0 saturated carbocycles. The fourth-order valence-corrected chi connectivity index (χ4v) is 1.36. The van der Waals surface area contributed by atoms with Gasteiger partial charge in [-0.2, -0.15) is 0 Å². The second-order valence-corrected chi connectivity index (χ2v) is 6.15. The normalized spacial score (nSPS) is 13.7. The van der Waals surface area contributed by atoms with E-state index in [1.165, 1.54) is 0 Å². The highest BCUT2D eigenvalue weighted by molar-refractivity contribution is 5.30. The summed E-state index contributed by atoms with van der Waals surface area (Å²) in [5, 5.41) is 3.47. The lowest BCUT2D eigenvalue weighted by Crippen LogP contribution is -2.35. The smallest absolute Gasteiger partial charge is 0.142 e. The third kappa shape index (κ3) is 5.05. The topological polar surface area (TPSA) is 34.1 Å². The highest BCUT2D eigenvalue weighted by Crippen LogP contribution is 2.20. The third-order valence-corrected chi connectivity index (χ3v) is 2.93. The van der Waals surface area contributed by atoms with Crippen LogP contribution in [0.1, 0.15) is 47.1 Å². The van der Waals surface area contributed by atoms with Gasteiger partial charge in [0.05, 0.1) is 12.3 Å². The van der Waals surface area contributed by atoms with Gasteiger partial charge in [-0.05, 0) is 39.7 Å². The monoisotopic (exact) mass is 250 g/mol. The second kappa shape index (κ2) is 6.19. The number of pyridine rings is 1. The van der Waals surface area contributed by atoms with Gasteiger partial charge in [-0.15, -0.1) is 0 Å². The number of nitrogens with one attached hydrogen (secondary N) is 1. The second-order valence-electron chi connectivity index (χ2n) is 6.15. The van der Waals surface area contributed by atoms with Crippen LogP contribution in [0.2, 0.25) is 0 Å². The first-order valence-electron chi connectivity index (χ1n) is 6.64. The zero-order valence-electron chi connectivity index (χ0n) is 12.4. The van der Waals surface area contributed by atoms with Gasteiger partial charge in [-0.3, -0.25) is 4.98 Å². The molecule has 3 heteroatoms. The average Bonchev–Trinajstić information content (AvgIpc) is 2.26. The summed E-state index contributed by atoms with van der Waals surface area (Å²) in [7, 11) is 0. The Labute approximate surface area is 111 Å². The molecule has 0 amide bonds. The van der Waals surface area contributed by atoms with Crippen molar-refractivity contribution in [1.82, 2.24) is 10.3 Å². The molecule has 18 heavy (non-hydrogen) atoms. The molecular weight excluding hydrogens is 224 g/mol. The minimum Gasteiger partial charge on any atom is -0.488 e. The van der Waals surface area contributed by atoms with E-state index >= 15 is 0 Å². The molecule has 102 valence electrons. The van der Waals surface area contributed by atoms with Crippen molar-refractivity contribution in [2.45, 2.75) is 59.7 Å². The maximum atomic E-state index is 5.97. The molecule has 1 aromatic rings. The van der Waals surface area contributed by atoms with E-state index in [2.05, 4.69) is 51.8 Å². The number of aromatic nitrogens is 1. The predicted octanol–water partition coefficient (Wildman–Crippen LogP) is 3.39. The highest BCUT2D eigenvalue weighted by atomic mass is 16.5. The highest BCUT2D eigenvalue weighted by Gasteiger charge is 2.14. The van der Waals surface area contributed by atoms with E-state index in [4.69, 9.17) is 4.74 Å². The zero-order chi connectivity index (χ0) is 13.8. The van der Waals surface area contributed by atoms with Crippen LogP contribution in [0, 0.1) is 5.92 Å². The van der Waals surface area contributed by atoms with Crippen molar-refractivity contribution >= 4 is 0 Å². The molecule has 3 nitrogen and oxygen atoms in total. The Morgan fingerprint density at radius 1 is 1.28 bits per heavy atom. The van der Waals surface area contributed by atoms with E-state index in [1.54, 1.807) is 6.20 Å². The van der Waals surface area contributed by atoms with Crippen LogP contribution in [-0.4, -0.2) is 16.6 Å². The summed E-state index contributed by atoms with van der Waals surface area (Å²) in [6, 6.07) is 2.02. The Bertz CT molecular complexity index is 369. The molecule has 1 aromatic heterocycles. The van der Waals surface area contributed by atoms with Gasteiger partial charge in [0.2, 0.25) is 0 Å². The van der Waals surface area contributed by atoms with Crippen LogP contribution in [-0.2, 0) is 6.54 Å². The molecule has 0 aromatic carbocycles. The third-order valence-electron chi connectivity index (χ3n) is 2.93. The van der Waals surface area contributed by atoms with Crippen molar-refractivity contribution < 1.29 is 4.74 Å². The summed E-state index contributed by atoms with van der Waals surface area (Å²) in [5.74, 6) is 1.38. The molecular formula is C15H26N2O. The minimum atomic E-state index is 0.101. The first-order chi connectivity index (χ1) is 8.29. The summed E-state index contributed by atoms with van der Waals surface area (Å²) < 4.78 is 5.97. The van der Waals surface area contributed by atoms with Crippen LogP contribution in [0.25, 0.3) is 0 Å². The molecule has 1 atom stereocenters. The van der Waals surface area contributed by atoms with Crippen LogP contribution in [0.3, 0.4) is 0 Å². The number of rotatable bonds is 5. The number of ether oxygens (including phenoxy) is 1. The van der Waals surface area contributed by atoms with E-state index in [1.807, 2.05) is 12.3 Å². The molecule has 1 heterocycles. The Morgan fingerprint density at radius 3 is 2.50 bits per heavy atom. The van der Waals surface area contributed by atoms with E-state index in [0.29, 0.717) is 5.92 Å².